The number of rotatable bonds is 9. The van der Waals surface area contributed by atoms with E-state index in [2.05, 4.69) is 15.3 Å². The molecule has 2 aliphatic rings. The maximum atomic E-state index is 16.7. The van der Waals surface area contributed by atoms with Gasteiger partial charge in [0.05, 0.1) is 32.5 Å². The third-order valence-electron chi connectivity index (χ3n) is 9.41. The fourth-order valence-electron chi connectivity index (χ4n) is 6.84. The third-order valence-corrected chi connectivity index (χ3v) is 9.41. The van der Waals surface area contributed by atoms with Gasteiger partial charge in [0.1, 0.15) is 28.7 Å². The van der Waals surface area contributed by atoms with Crippen LogP contribution in [0.1, 0.15) is 28.9 Å². The summed E-state index contributed by atoms with van der Waals surface area (Å²) in [4.78, 5) is 35.5. The van der Waals surface area contributed by atoms with Crippen LogP contribution in [-0.4, -0.2) is 95.1 Å². The number of aromatic amines is 1. The monoisotopic (exact) mass is 681 g/mol. The first kappa shape index (κ1) is 32.8. The number of H-pyrrole nitrogens is 1. The summed E-state index contributed by atoms with van der Waals surface area (Å²) < 4.78 is 44.1. The molecule has 0 unspecified atom stereocenters. The van der Waals surface area contributed by atoms with Crippen molar-refractivity contribution in [1.29, 1.82) is 0 Å². The van der Waals surface area contributed by atoms with Gasteiger partial charge in [0.15, 0.2) is 5.82 Å². The van der Waals surface area contributed by atoms with Gasteiger partial charge >= 0.3 is 0 Å². The average Bonchev–Trinajstić information content (AvgIpc) is 3.85. The zero-order chi connectivity index (χ0) is 34.8. The summed E-state index contributed by atoms with van der Waals surface area (Å²) in [7, 11) is 3.08. The van der Waals surface area contributed by atoms with Gasteiger partial charge in [-0.3, -0.25) is 14.3 Å². The molecule has 13 heteroatoms. The van der Waals surface area contributed by atoms with Gasteiger partial charge in [0, 0.05) is 68.4 Å². The largest absolute Gasteiger partial charge is 0.496 e. The van der Waals surface area contributed by atoms with Crippen molar-refractivity contribution in [1.82, 2.24) is 29.8 Å². The number of methoxy groups -OCH3 is 2. The van der Waals surface area contributed by atoms with Crippen LogP contribution < -0.4 is 14.4 Å². The van der Waals surface area contributed by atoms with Crippen molar-refractivity contribution in [3.05, 3.63) is 96.0 Å². The van der Waals surface area contributed by atoms with Gasteiger partial charge in [0.2, 0.25) is 5.91 Å². The van der Waals surface area contributed by atoms with Crippen molar-refractivity contribution < 1.29 is 27.8 Å². The number of ether oxygens (including phenoxy) is 2. The van der Waals surface area contributed by atoms with Crippen molar-refractivity contribution in [2.24, 2.45) is 0 Å². The molecule has 4 heterocycles. The van der Waals surface area contributed by atoms with Gasteiger partial charge in [-0.1, -0.05) is 35.6 Å². The molecule has 258 valence electrons. The summed E-state index contributed by atoms with van der Waals surface area (Å²) in [6, 6.07) is 15.6. The lowest BCUT2D eigenvalue weighted by Gasteiger charge is -2.36. The quantitative estimate of drug-likeness (QED) is 0.222. The summed E-state index contributed by atoms with van der Waals surface area (Å²) in [5.41, 5.74) is 3.27. The van der Waals surface area contributed by atoms with Crippen LogP contribution in [0.3, 0.4) is 0 Å². The number of anilines is 1. The molecule has 0 saturated carbocycles. The van der Waals surface area contributed by atoms with E-state index in [1.54, 1.807) is 58.3 Å². The number of aryl methyl sites for hydroxylation is 1. The summed E-state index contributed by atoms with van der Waals surface area (Å²) in [5.74, 6) is -0.196. The van der Waals surface area contributed by atoms with Gasteiger partial charge in [-0.15, -0.1) is 5.10 Å². The molecule has 1 N–H and O–H groups in total. The van der Waals surface area contributed by atoms with E-state index in [1.807, 2.05) is 35.2 Å². The highest BCUT2D eigenvalue weighted by Gasteiger charge is 2.29. The Kier molecular flexibility index (Phi) is 9.20. The summed E-state index contributed by atoms with van der Waals surface area (Å²) in [5, 5.41) is 8.26. The molecule has 1 fully saturated rings. The summed E-state index contributed by atoms with van der Waals surface area (Å²) in [6.07, 6.45) is 6.06. The Bertz CT molecular complexity index is 2070. The highest BCUT2D eigenvalue weighted by molar-refractivity contribution is 6.05. The van der Waals surface area contributed by atoms with Crippen molar-refractivity contribution in [2.45, 2.75) is 19.4 Å². The number of piperazine rings is 1. The van der Waals surface area contributed by atoms with Gasteiger partial charge < -0.3 is 29.2 Å². The molecule has 2 aliphatic heterocycles. The number of fused-ring (bicyclic) bond motifs is 1. The minimum absolute atomic E-state index is 0.0566. The molecule has 1 saturated heterocycles. The Morgan fingerprint density at radius 1 is 0.880 bits per heavy atom. The number of halogens is 2. The van der Waals surface area contributed by atoms with Crippen LogP contribution in [0.2, 0.25) is 0 Å². The molecule has 0 atom stereocenters. The number of amides is 2. The maximum absolute atomic E-state index is 16.7. The number of carbonyl (C=O) groups is 2. The van der Waals surface area contributed by atoms with E-state index in [4.69, 9.17) is 9.47 Å². The minimum Gasteiger partial charge on any atom is -0.496 e. The van der Waals surface area contributed by atoms with Crippen molar-refractivity contribution >= 4 is 34.0 Å². The first-order chi connectivity index (χ1) is 24.4. The molecular formula is C37H37F2N7O4. The first-order valence-corrected chi connectivity index (χ1v) is 16.5. The number of aromatic nitrogens is 4. The number of nitrogens with one attached hydrogen (secondary N) is 1. The van der Waals surface area contributed by atoms with Crippen LogP contribution in [0.15, 0.2) is 73.1 Å². The SMILES string of the molecule is COc1ccccc1-c1cc(C2=CCCN(C(=O)CCn3ccnn3)C2)c(F)c2[nH]c(C(=O)N3CCN(c4c(F)cccc4OC)CC3)cc12. The van der Waals surface area contributed by atoms with Gasteiger partial charge in [0.25, 0.3) is 5.91 Å². The number of para-hydroxylation sites is 2. The summed E-state index contributed by atoms with van der Waals surface area (Å²) in [6.45, 7) is 2.65. The van der Waals surface area contributed by atoms with E-state index in [-0.39, 0.29) is 41.8 Å². The second kappa shape index (κ2) is 14.0. The topological polar surface area (TPSA) is 109 Å². The van der Waals surface area contributed by atoms with Gasteiger partial charge in [-0.05, 0) is 47.9 Å². The second-order valence-corrected chi connectivity index (χ2v) is 12.3. The van der Waals surface area contributed by atoms with E-state index in [0.29, 0.717) is 85.0 Å². The van der Waals surface area contributed by atoms with Crippen LogP contribution in [0, 0.1) is 11.6 Å². The number of nitrogens with zero attached hydrogens (tertiary/aromatic N) is 6. The molecule has 3 aromatic carbocycles. The van der Waals surface area contributed by atoms with Crippen LogP contribution >= 0.6 is 0 Å². The van der Waals surface area contributed by atoms with Crippen molar-refractivity contribution in [2.75, 3.05) is 58.4 Å². The van der Waals surface area contributed by atoms with E-state index < -0.39 is 5.82 Å². The molecule has 0 spiro atoms. The predicted octanol–water partition coefficient (Wildman–Crippen LogP) is 5.39. The van der Waals surface area contributed by atoms with Gasteiger partial charge in [-0.2, -0.15) is 0 Å². The standard InChI is InChI=1S/C37H37F2N7O4/c1-49-31-10-4-3-8-25(31)27-21-26(24-7-6-14-45(23-24)33(47)12-15-46-16-13-40-42-46)34(39)35-28(27)22-30(41-35)37(48)44-19-17-43(18-20-44)36-29(38)9-5-11-32(36)50-2/h3-5,7-11,13,16,21-22,41H,6,12,14-15,17-20,23H2,1-2H3. The molecule has 0 aliphatic carbocycles. The van der Waals surface area contributed by atoms with Crippen LogP contribution in [0.25, 0.3) is 27.6 Å². The molecule has 0 bridgehead atoms. The Labute approximate surface area is 287 Å². The van der Waals surface area contributed by atoms with Gasteiger partial charge in [-0.25, -0.2) is 8.78 Å². The highest BCUT2D eigenvalue weighted by atomic mass is 19.1. The molecule has 2 amide bonds. The maximum Gasteiger partial charge on any atom is 0.270 e. The number of hydrogen-bond donors (Lipinski definition) is 1. The van der Waals surface area contributed by atoms with E-state index in [1.165, 1.54) is 13.2 Å². The normalized spacial score (nSPS) is 15.0. The Morgan fingerprint density at radius 2 is 1.66 bits per heavy atom. The number of carbonyl (C=O) groups excluding carboxylic acids is 2. The Hall–Kier alpha value is -5.72. The molecular weight excluding hydrogens is 644 g/mol. The molecule has 0 radical (unpaired) electrons. The lowest BCUT2D eigenvalue weighted by atomic mass is 9.93. The lowest BCUT2D eigenvalue weighted by molar-refractivity contribution is -0.131. The lowest BCUT2D eigenvalue weighted by Crippen LogP contribution is -2.49. The average molecular weight is 682 g/mol. The van der Waals surface area contributed by atoms with E-state index in [9.17, 15) is 14.0 Å². The number of benzene rings is 3. The number of hydrogen-bond acceptors (Lipinski definition) is 7. The Balaban J connectivity index is 1.19. The molecule has 5 aromatic rings. The summed E-state index contributed by atoms with van der Waals surface area (Å²) >= 11 is 0. The second-order valence-electron chi connectivity index (χ2n) is 12.3. The molecule has 50 heavy (non-hydrogen) atoms. The zero-order valence-electron chi connectivity index (χ0n) is 27.9. The highest BCUT2D eigenvalue weighted by Crippen LogP contribution is 2.40. The predicted molar refractivity (Wildman–Crippen MR) is 185 cm³/mol. The van der Waals surface area contributed by atoms with E-state index in [0.717, 1.165) is 5.56 Å². The Morgan fingerprint density at radius 3 is 2.42 bits per heavy atom. The van der Waals surface area contributed by atoms with E-state index >= 15 is 4.39 Å². The fourth-order valence-corrected chi connectivity index (χ4v) is 6.84. The zero-order valence-corrected chi connectivity index (χ0v) is 27.9. The molecule has 2 aromatic heterocycles. The van der Waals surface area contributed by atoms with Crippen LogP contribution in [0.5, 0.6) is 11.5 Å². The smallest absolute Gasteiger partial charge is 0.270 e. The van der Waals surface area contributed by atoms with Crippen molar-refractivity contribution in [3.8, 4) is 22.6 Å². The fraction of sp³-hybridized carbons (Fsp3) is 0.297. The molecule has 7 rings (SSSR count). The van der Waals surface area contributed by atoms with Crippen molar-refractivity contribution in [3.63, 3.8) is 0 Å². The third kappa shape index (κ3) is 6.26. The van der Waals surface area contributed by atoms with Crippen LogP contribution in [-0.2, 0) is 11.3 Å². The van der Waals surface area contributed by atoms with Crippen LogP contribution in [0.4, 0.5) is 14.5 Å². The first-order valence-electron chi connectivity index (χ1n) is 16.5. The minimum atomic E-state index is -0.502. The molecule has 11 nitrogen and oxygen atoms in total.